The molecule has 150 valence electrons. The third-order valence-corrected chi connectivity index (χ3v) is 5.59. The standard InChI is InChI=1S/C23H20ClN5O/c1-3-4-12-28-14(2)25-21-19(23(28)30)20-22(27-18-11-6-5-10-17(18)26-20)29(21)16-9-7-8-15(24)13-16/h5-11,13H,3-4,12H2,1-2H3. The summed E-state index contributed by atoms with van der Waals surface area (Å²) in [5.74, 6) is 0.677. The molecule has 0 fully saturated rings. The highest BCUT2D eigenvalue weighted by Gasteiger charge is 2.22. The molecule has 0 amide bonds. The third-order valence-electron chi connectivity index (χ3n) is 5.36. The van der Waals surface area contributed by atoms with Crippen molar-refractivity contribution in [2.45, 2.75) is 33.2 Å². The Morgan fingerprint density at radius 1 is 0.967 bits per heavy atom. The number of hydrogen-bond donors (Lipinski definition) is 0. The van der Waals surface area contributed by atoms with Crippen molar-refractivity contribution in [3.8, 4) is 5.69 Å². The molecule has 0 aliphatic heterocycles. The molecular formula is C23H20ClN5O. The molecule has 0 saturated carbocycles. The molecular weight excluding hydrogens is 398 g/mol. The molecule has 3 heterocycles. The number of fused-ring (bicyclic) bond motifs is 4. The van der Waals surface area contributed by atoms with Gasteiger partial charge in [0.15, 0.2) is 11.3 Å². The number of unbranched alkanes of at least 4 members (excludes halogenated alkanes) is 1. The predicted molar refractivity (Wildman–Crippen MR) is 121 cm³/mol. The van der Waals surface area contributed by atoms with E-state index in [1.165, 1.54) is 0 Å². The zero-order valence-electron chi connectivity index (χ0n) is 16.8. The summed E-state index contributed by atoms with van der Waals surface area (Å²) in [6.45, 7) is 4.61. The van der Waals surface area contributed by atoms with Gasteiger partial charge >= 0.3 is 0 Å². The fourth-order valence-corrected chi connectivity index (χ4v) is 4.05. The highest BCUT2D eigenvalue weighted by Crippen LogP contribution is 2.29. The normalized spacial score (nSPS) is 11.7. The van der Waals surface area contributed by atoms with Crippen LogP contribution < -0.4 is 5.56 Å². The van der Waals surface area contributed by atoms with Gasteiger partial charge in [-0.25, -0.2) is 15.0 Å². The highest BCUT2D eigenvalue weighted by molar-refractivity contribution is 6.30. The first-order chi connectivity index (χ1) is 14.6. The van der Waals surface area contributed by atoms with Gasteiger partial charge in [-0.3, -0.25) is 13.9 Å². The molecule has 2 aromatic carbocycles. The maximum Gasteiger partial charge on any atom is 0.265 e. The Morgan fingerprint density at radius 2 is 1.73 bits per heavy atom. The van der Waals surface area contributed by atoms with Crippen LogP contribution in [0.15, 0.2) is 53.3 Å². The van der Waals surface area contributed by atoms with Crippen LogP contribution in [0.5, 0.6) is 0 Å². The topological polar surface area (TPSA) is 65.6 Å². The maximum atomic E-state index is 13.5. The van der Waals surface area contributed by atoms with E-state index >= 15 is 0 Å². The molecule has 7 heteroatoms. The Hall–Kier alpha value is -3.25. The van der Waals surface area contributed by atoms with Crippen LogP contribution in [0.1, 0.15) is 25.6 Å². The van der Waals surface area contributed by atoms with Gasteiger partial charge in [-0.1, -0.05) is 43.1 Å². The zero-order chi connectivity index (χ0) is 20.8. The van der Waals surface area contributed by atoms with E-state index in [1.54, 1.807) is 4.57 Å². The third kappa shape index (κ3) is 2.87. The second-order valence-electron chi connectivity index (χ2n) is 7.37. The lowest BCUT2D eigenvalue weighted by molar-refractivity contribution is 0.591. The lowest BCUT2D eigenvalue weighted by Crippen LogP contribution is -2.24. The van der Waals surface area contributed by atoms with E-state index in [-0.39, 0.29) is 5.56 Å². The summed E-state index contributed by atoms with van der Waals surface area (Å²) in [6.07, 6.45) is 1.91. The van der Waals surface area contributed by atoms with Gasteiger partial charge in [0.1, 0.15) is 16.7 Å². The Morgan fingerprint density at radius 3 is 2.47 bits per heavy atom. The van der Waals surface area contributed by atoms with Crippen LogP contribution in [-0.4, -0.2) is 24.1 Å². The number of benzene rings is 2. The second kappa shape index (κ2) is 7.22. The first kappa shape index (κ1) is 18.8. The minimum absolute atomic E-state index is 0.0821. The molecule has 0 N–H and O–H groups in total. The second-order valence-corrected chi connectivity index (χ2v) is 7.80. The number of nitrogens with zero attached hydrogens (tertiary/aromatic N) is 5. The monoisotopic (exact) mass is 417 g/mol. The van der Waals surface area contributed by atoms with Gasteiger partial charge in [0.05, 0.1) is 16.7 Å². The first-order valence-electron chi connectivity index (χ1n) is 10.0. The molecule has 0 aliphatic rings. The van der Waals surface area contributed by atoms with Crippen molar-refractivity contribution < 1.29 is 0 Å². The minimum atomic E-state index is -0.0821. The zero-order valence-corrected chi connectivity index (χ0v) is 17.5. The van der Waals surface area contributed by atoms with Gasteiger partial charge in [0.2, 0.25) is 0 Å². The van der Waals surface area contributed by atoms with Crippen molar-refractivity contribution in [1.82, 2.24) is 24.1 Å². The van der Waals surface area contributed by atoms with E-state index in [4.69, 9.17) is 26.6 Å². The molecule has 0 spiro atoms. The van der Waals surface area contributed by atoms with E-state index in [0.717, 1.165) is 29.6 Å². The fraction of sp³-hybridized carbons (Fsp3) is 0.217. The van der Waals surface area contributed by atoms with Gasteiger partial charge in [-0.2, -0.15) is 0 Å². The van der Waals surface area contributed by atoms with E-state index < -0.39 is 0 Å². The Labute approximate surface area is 177 Å². The van der Waals surface area contributed by atoms with Crippen LogP contribution in [0.2, 0.25) is 5.02 Å². The summed E-state index contributed by atoms with van der Waals surface area (Å²) in [7, 11) is 0. The molecule has 5 aromatic rings. The van der Waals surface area contributed by atoms with Crippen molar-refractivity contribution in [1.29, 1.82) is 0 Å². The fourth-order valence-electron chi connectivity index (χ4n) is 3.87. The average Bonchev–Trinajstić information content (AvgIpc) is 3.04. The number of rotatable bonds is 4. The largest absolute Gasteiger partial charge is 0.296 e. The number of aromatic nitrogens is 5. The SMILES string of the molecule is CCCCn1c(C)nc2c(c1=O)c1nc3ccccc3nc1n2-c1cccc(Cl)c1. The molecule has 0 unspecified atom stereocenters. The molecule has 30 heavy (non-hydrogen) atoms. The molecule has 5 rings (SSSR count). The van der Waals surface area contributed by atoms with Gasteiger partial charge < -0.3 is 0 Å². The van der Waals surface area contributed by atoms with Gasteiger partial charge in [0, 0.05) is 11.6 Å². The van der Waals surface area contributed by atoms with Crippen molar-refractivity contribution in [3.05, 3.63) is 69.7 Å². The van der Waals surface area contributed by atoms with E-state index in [1.807, 2.05) is 60.0 Å². The first-order valence-corrected chi connectivity index (χ1v) is 10.4. The van der Waals surface area contributed by atoms with Crippen LogP contribution in [0.25, 0.3) is 38.9 Å². The minimum Gasteiger partial charge on any atom is -0.296 e. The molecule has 0 atom stereocenters. The van der Waals surface area contributed by atoms with Crippen LogP contribution in [0, 0.1) is 6.92 Å². The van der Waals surface area contributed by atoms with Crippen molar-refractivity contribution in [3.63, 3.8) is 0 Å². The van der Waals surface area contributed by atoms with Crippen molar-refractivity contribution in [2.75, 3.05) is 0 Å². The molecule has 0 bridgehead atoms. The molecule has 0 aliphatic carbocycles. The summed E-state index contributed by atoms with van der Waals surface area (Å²) in [5, 5.41) is 1.09. The summed E-state index contributed by atoms with van der Waals surface area (Å²) in [5.41, 5.74) is 3.94. The highest BCUT2D eigenvalue weighted by atomic mass is 35.5. The summed E-state index contributed by atoms with van der Waals surface area (Å²) in [4.78, 5) is 28.0. The molecule has 3 aromatic heterocycles. The van der Waals surface area contributed by atoms with Crippen LogP contribution in [0.3, 0.4) is 0 Å². The lowest BCUT2D eigenvalue weighted by Gasteiger charge is -2.10. The summed E-state index contributed by atoms with van der Waals surface area (Å²) >= 11 is 6.27. The van der Waals surface area contributed by atoms with Crippen LogP contribution in [-0.2, 0) is 6.54 Å². The predicted octanol–water partition coefficient (Wildman–Crippen LogP) is 5.05. The van der Waals surface area contributed by atoms with Crippen molar-refractivity contribution >= 4 is 44.8 Å². The van der Waals surface area contributed by atoms with Crippen LogP contribution >= 0.6 is 11.6 Å². The number of aryl methyl sites for hydroxylation is 1. The summed E-state index contributed by atoms with van der Waals surface area (Å²) < 4.78 is 3.62. The van der Waals surface area contributed by atoms with E-state index in [2.05, 4.69) is 6.92 Å². The molecule has 0 saturated heterocycles. The molecule has 6 nitrogen and oxygen atoms in total. The average molecular weight is 418 g/mol. The number of hydrogen-bond acceptors (Lipinski definition) is 4. The van der Waals surface area contributed by atoms with E-state index in [0.29, 0.717) is 39.6 Å². The van der Waals surface area contributed by atoms with Crippen molar-refractivity contribution in [2.24, 2.45) is 0 Å². The Balaban J connectivity index is 1.98. The quantitative estimate of drug-likeness (QED) is 0.410. The van der Waals surface area contributed by atoms with E-state index in [9.17, 15) is 4.79 Å². The maximum absolute atomic E-state index is 13.5. The number of para-hydroxylation sites is 2. The number of halogens is 1. The molecule has 0 radical (unpaired) electrons. The Kier molecular flexibility index (Phi) is 4.51. The lowest BCUT2D eigenvalue weighted by atomic mass is 10.2. The van der Waals surface area contributed by atoms with Crippen LogP contribution in [0.4, 0.5) is 0 Å². The summed E-state index contributed by atoms with van der Waals surface area (Å²) in [6, 6.07) is 15.1. The van der Waals surface area contributed by atoms with Gasteiger partial charge in [-0.05, 0) is 43.7 Å². The van der Waals surface area contributed by atoms with Gasteiger partial charge in [-0.15, -0.1) is 0 Å². The Bertz CT molecular complexity index is 1480. The van der Waals surface area contributed by atoms with Gasteiger partial charge in [0.25, 0.3) is 5.56 Å². The smallest absolute Gasteiger partial charge is 0.265 e.